The molecule has 0 atom stereocenters. The van der Waals surface area contributed by atoms with Crippen LogP contribution in [0.5, 0.6) is 5.75 Å². The van der Waals surface area contributed by atoms with Crippen molar-refractivity contribution in [3.8, 4) is 11.4 Å². The number of aromatic amines is 1. The van der Waals surface area contributed by atoms with Crippen LogP contribution in [0.15, 0.2) is 64.5 Å². The Morgan fingerprint density at radius 2 is 1.84 bits per heavy atom. The number of anilines is 1. The summed E-state index contributed by atoms with van der Waals surface area (Å²) in [5.74, 6) is 0.637. The van der Waals surface area contributed by atoms with Crippen LogP contribution < -0.4 is 15.6 Å². The summed E-state index contributed by atoms with van der Waals surface area (Å²) >= 11 is 1.22. The molecule has 7 nitrogen and oxygen atoms in total. The van der Waals surface area contributed by atoms with E-state index in [1.165, 1.54) is 11.8 Å². The SMILES string of the molecule is COc1ccc(NC(=O)CSc2nc3cc(C)[nH]c3c(=O)n2-c2ccc(C)cc2)cc1. The number of aryl methyl sites for hydroxylation is 2. The first-order chi connectivity index (χ1) is 14.9. The Balaban J connectivity index is 1.62. The van der Waals surface area contributed by atoms with E-state index in [-0.39, 0.29) is 17.2 Å². The topological polar surface area (TPSA) is 89.0 Å². The highest BCUT2D eigenvalue weighted by molar-refractivity contribution is 7.99. The zero-order valence-electron chi connectivity index (χ0n) is 17.4. The third-order valence-corrected chi connectivity index (χ3v) is 5.69. The van der Waals surface area contributed by atoms with Gasteiger partial charge in [-0.05, 0) is 56.3 Å². The molecule has 0 aliphatic carbocycles. The summed E-state index contributed by atoms with van der Waals surface area (Å²) in [6.07, 6.45) is 0. The predicted molar refractivity (Wildman–Crippen MR) is 124 cm³/mol. The van der Waals surface area contributed by atoms with Crippen LogP contribution >= 0.6 is 11.8 Å². The Bertz CT molecular complexity index is 1290. The van der Waals surface area contributed by atoms with Crippen LogP contribution in [-0.2, 0) is 4.79 Å². The van der Waals surface area contributed by atoms with Crippen molar-refractivity contribution < 1.29 is 9.53 Å². The molecule has 4 aromatic rings. The first-order valence-electron chi connectivity index (χ1n) is 9.71. The van der Waals surface area contributed by atoms with Gasteiger partial charge < -0.3 is 15.0 Å². The third-order valence-electron chi connectivity index (χ3n) is 4.75. The third kappa shape index (κ3) is 4.49. The molecule has 0 radical (unpaired) electrons. The van der Waals surface area contributed by atoms with Gasteiger partial charge in [0.05, 0.1) is 24.1 Å². The van der Waals surface area contributed by atoms with E-state index >= 15 is 0 Å². The maximum Gasteiger partial charge on any atom is 0.283 e. The maximum atomic E-state index is 13.2. The van der Waals surface area contributed by atoms with Gasteiger partial charge in [-0.1, -0.05) is 29.5 Å². The maximum absolute atomic E-state index is 13.2. The Labute approximate surface area is 183 Å². The quantitative estimate of drug-likeness (QED) is 0.353. The summed E-state index contributed by atoms with van der Waals surface area (Å²) in [7, 11) is 1.59. The number of nitrogens with one attached hydrogen (secondary N) is 2. The van der Waals surface area contributed by atoms with Crippen LogP contribution in [0, 0.1) is 13.8 Å². The van der Waals surface area contributed by atoms with Crippen LogP contribution in [0.2, 0.25) is 0 Å². The van der Waals surface area contributed by atoms with Gasteiger partial charge in [-0.25, -0.2) is 4.98 Å². The smallest absolute Gasteiger partial charge is 0.283 e. The number of hydrogen-bond acceptors (Lipinski definition) is 5. The molecule has 0 bridgehead atoms. The summed E-state index contributed by atoms with van der Waals surface area (Å²) in [6, 6.07) is 16.6. The van der Waals surface area contributed by atoms with Crippen molar-refractivity contribution in [3.63, 3.8) is 0 Å². The van der Waals surface area contributed by atoms with Crippen molar-refractivity contribution in [2.45, 2.75) is 19.0 Å². The van der Waals surface area contributed by atoms with Gasteiger partial charge >= 0.3 is 0 Å². The molecule has 2 heterocycles. The second-order valence-corrected chi connectivity index (χ2v) is 8.09. The molecule has 1 amide bonds. The molecule has 0 aliphatic rings. The lowest BCUT2D eigenvalue weighted by molar-refractivity contribution is -0.113. The van der Waals surface area contributed by atoms with E-state index in [0.717, 1.165) is 11.3 Å². The highest BCUT2D eigenvalue weighted by atomic mass is 32.2. The number of carbonyl (C=O) groups is 1. The molecule has 158 valence electrons. The Kier molecular flexibility index (Phi) is 5.81. The lowest BCUT2D eigenvalue weighted by atomic mass is 10.2. The van der Waals surface area contributed by atoms with Gasteiger partial charge in [-0.3, -0.25) is 14.2 Å². The molecular formula is C23H22N4O3S. The van der Waals surface area contributed by atoms with Crippen molar-refractivity contribution in [2.24, 2.45) is 0 Å². The van der Waals surface area contributed by atoms with Crippen molar-refractivity contribution in [2.75, 3.05) is 18.2 Å². The number of hydrogen-bond donors (Lipinski definition) is 2. The molecule has 2 aromatic heterocycles. The van der Waals surface area contributed by atoms with Crippen LogP contribution in [0.4, 0.5) is 5.69 Å². The number of amides is 1. The second kappa shape index (κ2) is 8.69. The minimum atomic E-state index is -0.194. The van der Waals surface area contributed by atoms with E-state index in [4.69, 9.17) is 4.74 Å². The summed E-state index contributed by atoms with van der Waals surface area (Å²) in [5.41, 5.74) is 4.17. The van der Waals surface area contributed by atoms with E-state index in [1.807, 2.05) is 44.2 Å². The molecule has 31 heavy (non-hydrogen) atoms. The first-order valence-corrected chi connectivity index (χ1v) is 10.7. The molecule has 0 aliphatic heterocycles. The number of ether oxygens (including phenoxy) is 1. The van der Waals surface area contributed by atoms with Crippen molar-refractivity contribution in [1.82, 2.24) is 14.5 Å². The second-order valence-electron chi connectivity index (χ2n) is 7.15. The summed E-state index contributed by atoms with van der Waals surface area (Å²) in [4.78, 5) is 33.5. The fourth-order valence-corrected chi connectivity index (χ4v) is 4.01. The van der Waals surface area contributed by atoms with E-state index in [1.54, 1.807) is 35.9 Å². The number of thioether (sulfide) groups is 1. The summed E-state index contributed by atoms with van der Waals surface area (Å²) in [5, 5.41) is 3.31. The number of H-pyrrole nitrogens is 1. The minimum absolute atomic E-state index is 0.110. The summed E-state index contributed by atoms with van der Waals surface area (Å²) < 4.78 is 6.67. The Morgan fingerprint density at radius 1 is 1.13 bits per heavy atom. The average Bonchev–Trinajstić information content (AvgIpc) is 3.14. The zero-order valence-corrected chi connectivity index (χ0v) is 18.2. The fourth-order valence-electron chi connectivity index (χ4n) is 3.20. The van der Waals surface area contributed by atoms with Crippen LogP contribution in [0.3, 0.4) is 0 Å². The number of methoxy groups -OCH3 is 1. The molecule has 0 unspecified atom stereocenters. The first kappa shape index (κ1) is 20.7. The number of benzene rings is 2. The molecule has 4 rings (SSSR count). The van der Waals surface area contributed by atoms with Gasteiger partial charge in [0.15, 0.2) is 5.16 Å². The van der Waals surface area contributed by atoms with E-state index < -0.39 is 0 Å². The number of aromatic nitrogens is 3. The van der Waals surface area contributed by atoms with E-state index in [2.05, 4.69) is 15.3 Å². The summed E-state index contributed by atoms with van der Waals surface area (Å²) in [6.45, 7) is 3.87. The van der Waals surface area contributed by atoms with Gasteiger partial charge in [0, 0.05) is 11.4 Å². The molecule has 0 fully saturated rings. The van der Waals surface area contributed by atoms with Gasteiger partial charge in [0.2, 0.25) is 5.91 Å². The molecule has 0 saturated carbocycles. The lowest BCUT2D eigenvalue weighted by Crippen LogP contribution is -2.23. The lowest BCUT2D eigenvalue weighted by Gasteiger charge is -2.12. The molecule has 2 aromatic carbocycles. The molecule has 8 heteroatoms. The van der Waals surface area contributed by atoms with E-state index in [9.17, 15) is 9.59 Å². The standard InChI is InChI=1S/C23H22N4O3S/c1-14-4-8-17(9-5-14)27-22(29)21-19(12-15(2)24-21)26-23(27)31-13-20(28)25-16-6-10-18(30-3)11-7-16/h4-12,24H,13H2,1-3H3,(H,25,28). The van der Waals surface area contributed by atoms with Crippen LogP contribution in [0.1, 0.15) is 11.3 Å². The largest absolute Gasteiger partial charge is 0.497 e. The zero-order chi connectivity index (χ0) is 22.0. The molecule has 0 saturated heterocycles. The number of carbonyl (C=O) groups excluding carboxylic acids is 1. The minimum Gasteiger partial charge on any atom is -0.497 e. The number of rotatable bonds is 6. The Hall–Kier alpha value is -3.52. The molecular weight excluding hydrogens is 412 g/mol. The molecule has 0 spiro atoms. The number of fused-ring (bicyclic) bond motifs is 1. The Morgan fingerprint density at radius 3 is 2.52 bits per heavy atom. The monoisotopic (exact) mass is 434 g/mol. The van der Waals surface area contributed by atoms with Crippen LogP contribution in [0.25, 0.3) is 16.7 Å². The van der Waals surface area contributed by atoms with Crippen LogP contribution in [-0.4, -0.2) is 33.3 Å². The van der Waals surface area contributed by atoms with Gasteiger partial charge in [0.1, 0.15) is 11.3 Å². The average molecular weight is 435 g/mol. The highest BCUT2D eigenvalue weighted by Gasteiger charge is 2.16. The normalized spacial score (nSPS) is 10.9. The van der Waals surface area contributed by atoms with Crippen molar-refractivity contribution in [1.29, 1.82) is 0 Å². The number of nitrogens with zero attached hydrogens (tertiary/aromatic N) is 2. The fraction of sp³-hybridized carbons (Fsp3) is 0.174. The van der Waals surface area contributed by atoms with Crippen molar-refractivity contribution >= 4 is 34.4 Å². The highest BCUT2D eigenvalue weighted by Crippen LogP contribution is 2.22. The molecule has 2 N–H and O–H groups in total. The van der Waals surface area contributed by atoms with Crippen molar-refractivity contribution in [3.05, 3.63) is 76.2 Å². The van der Waals surface area contributed by atoms with Gasteiger partial charge in [-0.15, -0.1) is 0 Å². The predicted octanol–water partition coefficient (Wildman–Crippen LogP) is 4.07. The van der Waals surface area contributed by atoms with Gasteiger partial charge in [-0.2, -0.15) is 0 Å². The van der Waals surface area contributed by atoms with Gasteiger partial charge in [0.25, 0.3) is 5.56 Å². The van der Waals surface area contributed by atoms with E-state index in [0.29, 0.717) is 33.3 Å².